The molecule has 4 rings (SSSR count). The van der Waals surface area contributed by atoms with Crippen molar-refractivity contribution in [2.45, 2.75) is 56.6 Å². The molecule has 2 aromatic carbocycles. The number of hydrogen-bond acceptors (Lipinski definition) is 4. The summed E-state index contributed by atoms with van der Waals surface area (Å²) in [6, 6.07) is 21.4. The molecule has 0 saturated heterocycles. The van der Waals surface area contributed by atoms with Crippen molar-refractivity contribution in [2.24, 2.45) is 11.8 Å². The van der Waals surface area contributed by atoms with Crippen LogP contribution in [0.2, 0.25) is 5.04 Å². The maximum Gasteiger partial charge on any atom is 0.261 e. The Kier molecular flexibility index (Phi) is 6.49. The predicted octanol–water partition coefficient (Wildman–Crippen LogP) is 3.88. The van der Waals surface area contributed by atoms with E-state index in [1.807, 2.05) is 6.08 Å². The standard InChI is InChI=1S/C27H36O4Si/c1-26(2,3)32(20-12-8-6-9-13-20,21-14-10-7-11-15-21)31-25-18-24(28)22-16-17-27(29-4,30-5)19-23(22)25/h6-17,22-25,28H,18-19H2,1-5H3/t22-,23+,24-,25+/m1/s1. The van der Waals surface area contributed by atoms with Crippen molar-refractivity contribution in [3.05, 3.63) is 72.8 Å². The van der Waals surface area contributed by atoms with Crippen LogP contribution < -0.4 is 10.4 Å². The average molecular weight is 453 g/mol. The predicted molar refractivity (Wildman–Crippen MR) is 131 cm³/mol. The quantitative estimate of drug-likeness (QED) is 0.411. The number of hydrogen-bond donors (Lipinski definition) is 1. The van der Waals surface area contributed by atoms with Gasteiger partial charge >= 0.3 is 0 Å². The number of methoxy groups -OCH3 is 2. The first-order chi connectivity index (χ1) is 15.3. The van der Waals surface area contributed by atoms with Crippen molar-refractivity contribution in [3.8, 4) is 0 Å². The minimum Gasteiger partial charge on any atom is -0.404 e. The van der Waals surface area contributed by atoms with Gasteiger partial charge in [0.15, 0.2) is 5.79 Å². The van der Waals surface area contributed by atoms with Gasteiger partial charge in [0, 0.05) is 26.6 Å². The molecule has 0 unspecified atom stereocenters. The van der Waals surface area contributed by atoms with Crippen LogP contribution in [0.1, 0.15) is 33.6 Å². The average Bonchev–Trinajstić information content (AvgIpc) is 3.11. The normalized spacial score (nSPS) is 27.3. The van der Waals surface area contributed by atoms with Gasteiger partial charge in [0.05, 0.1) is 12.2 Å². The smallest absolute Gasteiger partial charge is 0.261 e. The molecule has 0 heterocycles. The van der Waals surface area contributed by atoms with Gasteiger partial charge in [0.1, 0.15) is 0 Å². The highest BCUT2D eigenvalue weighted by atomic mass is 28.4. The molecule has 1 fully saturated rings. The Morgan fingerprint density at radius 3 is 1.91 bits per heavy atom. The number of aliphatic hydroxyl groups is 1. The second-order valence-electron chi connectivity index (χ2n) is 10.1. The van der Waals surface area contributed by atoms with E-state index < -0.39 is 20.2 Å². The Morgan fingerprint density at radius 2 is 1.44 bits per heavy atom. The second kappa shape index (κ2) is 8.88. The minimum absolute atomic E-state index is 0.0524. The van der Waals surface area contributed by atoms with Gasteiger partial charge in [-0.2, -0.15) is 0 Å². The first kappa shape index (κ1) is 23.4. The molecular formula is C27H36O4Si. The highest BCUT2D eigenvalue weighted by Gasteiger charge is 2.56. The fourth-order valence-corrected chi connectivity index (χ4v) is 10.5. The van der Waals surface area contributed by atoms with E-state index in [2.05, 4.69) is 87.5 Å². The number of ether oxygens (including phenoxy) is 2. The van der Waals surface area contributed by atoms with Gasteiger partial charge < -0.3 is 19.0 Å². The van der Waals surface area contributed by atoms with Gasteiger partial charge in [0.2, 0.25) is 0 Å². The topological polar surface area (TPSA) is 47.9 Å². The molecule has 2 aliphatic rings. The molecule has 2 aromatic rings. The monoisotopic (exact) mass is 452 g/mol. The van der Waals surface area contributed by atoms with Crippen LogP contribution in [0.15, 0.2) is 72.8 Å². The molecule has 1 N–H and O–H groups in total. The molecule has 0 aliphatic heterocycles. The Hall–Kier alpha value is -1.76. The van der Waals surface area contributed by atoms with Gasteiger partial charge in [0.25, 0.3) is 8.32 Å². The van der Waals surface area contributed by atoms with Crippen molar-refractivity contribution < 1.29 is 19.0 Å². The molecule has 2 aliphatic carbocycles. The van der Waals surface area contributed by atoms with Crippen molar-refractivity contribution >= 4 is 18.7 Å². The van der Waals surface area contributed by atoms with Gasteiger partial charge in [-0.05, 0) is 33.8 Å². The van der Waals surface area contributed by atoms with Crippen LogP contribution in [-0.4, -0.2) is 45.6 Å². The van der Waals surface area contributed by atoms with Crippen LogP contribution in [0.3, 0.4) is 0 Å². The van der Waals surface area contributed by atoms with Gasteiger partial charge in [-0.15, -0.1) is 0 Å². The van der Waals surface area contributed by atoms with E-state index in [1.54, 1.807) is 14.2 Å². The number of rotatable bonds is 6. The molecule has 1 saturated carbocycles. The summed E-state index contributed by atoms with van der Waals surface area (Å²) in [7, 11) is 0.652. The third kappa shape index (κ3) is 3.91. The SMILES string of the molecule is COC1(OC)C=C[C@@H]2[C@H](C1)[C@@H](O[Si](c1ccccc1)(c1ccccc1)C(C)(C)C)C[C@H]2O. The molecule has 0 spiro atoms. The molecular weight excluding hydrogens is 416 g/mol. The number of fused-ring (bicyclic) bond motifs is 1. The van der Waals surface area contributed by atoms with E-state index in [0.29, 0.717) is 12.8 Å². The van der Waals surface area contributed by atoms with Crippen LogP contribution in [0.4, 0.5) is 0 Å². The maximum absolute atomic E-state index is 11.0. The van der Waals surface area contributed by atoms with Crippen molar-refractivity contribution in [1.82, 2.24) is 0 Å². The summed E-state index contributed by atoms with van der Waals surface area (Å²) in [5, 5.41) is 13.4. The molecule has 0 radical (unpaired) electrons. The third-order valence-corrected chi connectivity index (χ3v) is 12.5. The van der Waals surface area contributed by atoms with E-state index in [-0.39, 0.29) is 23.0 Å². The number of benzene rings is 2. The Balaban J connectivity index is 1.81. The zero-order valence-corrected chi connectivity index (χ0v) is 20.8. The summed E-state index contributed by atoms with van der Waals surface area (Å²) >= 11 is 0. The fourth-order valence-electron chi connectivity index (χ4n) is 5.74. The number of aliphatic hydroxyl groups excluding tert-OH is 1. The highest BCUT2D eigenvalue weighted by Crippen LogP contribution is 2.48. The lowest BCUT2D eigenvalue weighted by molar-refractivity contribution is -0.190. The Bertz CT molecular complexity index is 878. The zero-order chi connectivity index (χ0) is 23.0. The fraction of sp³-hybridized carbons (Fsp3) is 0.481. The van der Waals surface area contributed by atoms with Crippen molar-refractivity contribution in [3.63, 3.8) is 0 Å². The summed E-state index contributed by atoms with van der Waals surface area (Å²) < 4.78 is 18.9. The van der Waals surface area contributed by atoms with Gasteiger partial charge in [-0.3, -0.25) is 0 Å². The van der Waals surface area contributed by atoms with E-state index in [1.165, 1.54) is 10.4 Å². The molecule has 5 heteroatoms. The maximum atomic E-state index is 11.0. The summed E-state index contributed by atoms with van der Waals surface area (Å²) in [4.78, 5) is 0. The van der Waals surface area contributed by atoms with Gasteiger partial charge in [-0.25, -0.2) is 0 Å². The summed E-state index contributed by atoms with van der Waals surface area (Å²) in [6.45, 7) is 6.87. The van der Waals surface area contributed by atoms with E-state index in [4.69, 9.17) is 13.9 Å². The Morgan fingerprint density at radius 1 is 0.906 bits per heavy atom. The molecule has 0 aromatic heterocycles. The summed E-state index contributed by atoms with van der Waals surface area (Å²) in [5.41, 5.74) is 0. The van der Waals surface area contributed by atoms with Crippen LogP contribution >= 0.6 is 0 Å². The molecule has 0 amide bonds. The van der Waals surface area contributed by atoms with Crippen LogP contribution in [0.5, 0.6) is 0 Å². The zero-order valence-electron chi connectivity index (χ0n) is 19.8. The lowest BCUT2D eigenvalue weighted by Gasteiger charge is -2.46. The largest absolute Gasteiger partial charge is 0.404 e. The van der Waals surface area contributed by atoms with Crippen molar-refractivity contribution in [1.29, 1.82) is 0 Å². The molecule has 32 heavy (non-hydrogen) atoms. The lowest BCUT2D eigenvalue weighted by Crippen LogP contribution is -2.68. The summed E-state index contributed by atoms with van der Waals surface area (Å²) in [6.07, 6.45) is 4.81. The van der Waals surface area contributed by atoms with Crippen LogP contribution in [0.25, 0.3) is 0 Å². The Labute approximate surface area is 193 Å². The molecule has 172 valence electrons. The highest BCUT2D eigenvalue weighted by molar-refractivity contribution is 6.99. The minimum atomic E-state index is -2.70. The molecule has 4 atom stereocenters. The lowest BCUT2D eigenvalue weighted by atomic mass is 9.82. The van der Waals surface area contributed by atoms with Crippen molar-refractivity contribution in [2.75, 3.05) is 14.2 Å². The van der Waals surface area contributed by atoms with E-state index >= 15 is 0 Å². The van der Waals surface area contributed by atoms with Crippen LogP contribution in [-0.2, 0) is 13.9 Å². The first-order valence-corrected chi connectivity index (χ1v) is 13.4. The first-order valence-electron chi connectivity index (χ1n) is 11.5. The van der Waals surface area contributed by atoms with E-state index in [9.17, 15) is 5.11 Å². The third-order valence-electron chi connectivity index (χ3n) is 7.42. The second-order valence-corrected chi connectivity index (χ2v) is 14.4. The molecule has 0 bridgehead atoms. The summed E-state index contributed by atoms with van der Waals surface area (Å²) in [5.74, 6) is -0.591. The molecule has 4 nitrogen and oxygen atoms in total. The van der Waals surface area contributed by atoms with Gasteiger partial charge in [-0.1, -0.05) is 87.5 Å². The van der Waals surface area contributed by atoms with E-state index in [0.717, 1.165) is 0 Å². The van der Waals surface area contributed by atoms with Crippen LogP contribution in [0, 0.1) is 11.8 Å².